The fraction of sp³-hybridized carbons (Fsp3) is 0.933. The summed E-state index contributed by atoms with van der Waals surface area (Å²) >= 11 is 0. The smallest absolute Gasteiger partial charge is 0.470 e. The second-order valence-electron chi connectivity index (χ2n) is 22.3. The lowest BCUT2D eigenvalue weighted by molar-refractivity contribution is -0.407. The van der Waals surface area contributed by atoms with E-state index in [9.17, 15) is 166 Å². The predicted molar refractivity (Wildman–Crippen MR) is 273 cm³/mol. The molecule has 0 bridgehead atoms. The van der Waals surface area contributed by atoms with E-state index < -0.39 is 293 Å². The van der Waals surface area contributed by atoms with Crippen molar-refractivity contribution in [3.63, 3.8) is 0 Å². The van der Waals surface area contributed by atoms with Gasteiger partial charge in [0, 0.05) is 19.3 Å². The Hall–Kier alpha value is -2.65. The average Bonchev–Trinajstić information content (AvgIpc) is 0.747. The third kappa shape index (κ3) is 17.7. The molecule has 0 aromatic heterocycles. The van der Waals surface area contributed by atoms with Crippen LogP contribution in [-0.4, -0.2) is 401 Å². The molecule has 0 aliphatic carbocycles. The SMILES string of the molecule is O=C(O)[C@@]1(O[C@@H]2C[C@](O[C@@H]3C[C@](O)(C(=O)O)O[C@H]([C@H](O)CO)[C@@H]3O[C@H]3O[C@H]([C@@H](O)CO)[C@@H](OP(=O)(O)O)[C@H](O[C@H]4O[C@H]([C@@H](O)CO[C@H]5O[C@H]([C@@H](O)CO)[C@@H](O)[C@H](O)[C@@H]5O)[C@@H](OP(=O)(O)O)[C@H](O)[C@@H]4O)[C@@H]3O)(C(=O)O)O[C@H]([C@H](O)CO)[C@@H]2O)C[C@@H](O)[C@@H](O)[C@@H]([C@H](O)CO)O1. The summed E-state index contributed by atoms with van der Waals surface area (Å²) in [4.78, 5) is 79.4. The minimum atomic E-state index is -6.11. The minimum Gasteiger partial charge on any atom is -0.477 e. The van der Waals surface area contributed by atoms with E-state index in [-0.39, 0.29) is 0 Å². The molecule has 0 spiro atoms. The van der Waals surface area contributed by atoms with Crippen molar-refractivity contribution in [1.29, 1.82) is 0 Å². The van der Waals surface area contributed by atoms with Gasteiger partial charge < -0.3 is 194 Å². The van der Waals surface area contributed by atoms with Crippen molar-refractivity contribution >= 4 is 33.6 Å². The number of aliphatic hydroxyl groups excluding tert-OH is 20. The molecule has 28 N–H and O–H groups in total. The van der Waals surface area contributed by atoms with Gasteiger partial charge in [-0.2, -0.15) is 0 Å². The van der Waals surface area contributed by atoms with Crippen molar-refractivity contribution < 1.29 is 227 Å². The highest BCUT2D eigenvalue weighted by molar-refractivity contribution is 7.46. The van der Waals surface area contributed by atoms with Crippen molar-refractivity contribution in [2.75, 3.05) is 39.6 Å². The largest absolute Gasteiger partial charge is 0.477 e. The van der Waals surface area contributed by atoms with E-state index in [4.69, 9.17) is 56.6 Å². The van der Waals surface area contributed by atoms with Gasteiger partial charge in [0.1, 0.15) is 146 Å². The number of carboxylic acid groups (broad SMARTS) is 3. The molecular weight excluding hydrogens is 1340 g/mol. The van der Waals surface area contributed by atoms with Gasteiger partial charge in [-0.3, -0.25) is 9.05 Å². The first kappa shape index (κ1) is 79.3. The molecule has 33 atom stereocenters. The zero-order chi connectivity index (χ0) is 70.1. The van der Waals surface area contributed by atoms with Crippen LogP contribution in [0.15, 0.2) is 0 Å². The first-order chi connectivity index (χ1) is 43.1. The van der Waals surface area contributed by atoms with E-state index in [1.165, 1.54) is 0 Å². The first-order valence-corrected chi connectivity index (χ1v) is 30.6. The number of carbonyl (C=O) groups is 3. The lowest BCUT2D eigenvalue weighted by Gasteiger charge is -2.53. The van der Waals surface area contributed by atoms with Crippen LogP contribution in [0, 0.1) is 0 Å². The Morgan fingerprint density at radius 2 is 0.839 bits per heavy atom. The second-order valence-corrected chi connectivity index (χ2v) is 24.6. The maximum Gasteiger partial charge on any atom is 0.470 e. The number of ether oxygens (including phenoxy) is 11. The summed E-state index contributed by atoms with van der Waals surface area (Å²) < 4.78 is 95.0. The van der Waals surface area contributed by atoms with Gasteiger partial charge in [-0.15, -0.1) is 0 Å². The van der Waals surface area contributed by atoms with Crippen LogP contribution in [-0.2, 0) is 84.7 Å². The standard InChI is InChI=1S/C45H76O46P2/c46-4-11(52)27-22(61)21(60)24(63)37(80-27)79-9-16(57)31-35(90-92(73,74)75)23(62)25(64)38(82-31)84-34-26(65)39(81-30(14(55)7-49)36(34)91-93(76,77)78)83-33-18(2-43(72,40(66)67)87-32(33)15(56)8-50)86-45(42(70)71)3-17(20(59)29(89-45)13(54)6-48)85-44(41(68)69)1-10(51)19(58)28(88-44)12(53)5-47/h10-39,46-65,72H,1-9H2,(H,66,67)(H,68,69)(H,70,71)(H2,73,74,75)(H2,76,77,78)/t10-,11+,12-,13-,14+,15-,16+,17-,18-,19-,20-,21+,22+,23-,24+,25+,26+,27-,28-,29-,30-,31-,32-,33-,34-,35+,36-,37+,38-,39-,43-,44-,45-/m1/s1. The van der Waals surface area contributed by atoms with Gasteiger partial charge in [0.05, 0.1) is 58.0 Å². The molecule has 0 amide bonds. The summed E-state index contributed by atoms with van der Waals surface area (Å²) in [6.45, 7) is -8.40. The van der Waals surface area contributed by atoms with Gasteiger partial charge in [0.25, 0.3) is 17.4 Å². The Labute approximate surface area is 519 Å². The maximum absolute atomic E-state index is 13.7. The van der Waals surface area contributed by atoms with Gasteiger partial charge in [-0.05, 0) is 0 Å². The molecule has 6 aliphatic rings. The third-order valence-corrected chi connectivity index (χ3v) is 16.7. The molecule has 46 nitrogen and oxygen atoms in total. The molecule has 93 heavy (non-hydrogen) atoms. The number of hydrogen-bond acceptors (Lipinski definition) is 39. The number of phosphoric acid groups is 2. The predicted octanol–water partition coefficient (Wildman–Crippen LogP) is -16.2. The van der Waals surface area contributed by atoms with E-state index >= 15 is 0 Å². The molecule has 6 fully saturated rings. The Kier molecular flexibility index (Phi) is 27.0. The zero-order valence-electron chi connectivity index (χ0n) is 47.4. The Bertz CT molecular complexity index is 2550. The zero-order valence-corrected chi connectivity index (χ0v) is 49.2. The molecule has 0 aromatic carbocycles. The Morgan fingerprint density at radius 3 is 1.34 bits per heavy atom. The monoisotopic (exact) mass is 1410 g/mol. The van der Waals surface area contributed by atoms with Crippen LogP contribution in [0.3, 0.4) is 0 Å². The van der Waals surface area contributed by atoms with E-state index in [1.54, 1.807) is 0 Å². The summed E-state index contributed by atoms with van der Waals surface area (Å²) in [5.41, 5.74) is 0. The van der Waals surface area contributed by atoms with Crippen LogP contribution in [0.5, 0.6) is 0 Å². The van der Waals surface area contributed by atoms with Crippen LogP contribution in [0.4, 0.5) is 0 Å². The quantitative estimate of drug-likeness (QED) is 0.0309. The number of carboxylic acids is 3. The number of hydrogen-bond donors (Lipinski definition) is 28. The third-order valence-electron chi connectivity index (χ3n) is 15.7. The molecule has 6 saturated heterocycles. The van der Waals surface area contributed by atoms with Crippen LogP contribution >= 0.6 is 15.6 Å². The molecule has 0 radical (unpaired) electrons. The first-order valence-electron chi connectivity index (χ1n) is 27.5. The van der Waals surface area contributed by atoms with Crippen molar-refractivity contribution in [2.45, 2.75) is 220 Å². The van der Waals surface area contributed by atoms with Gasteiger partial charge in [0.2, 0.25) is 0 Å². The normalized spacial score (nSPS) is 44.1. The molecule has 0 aromatic rings. The van der Waals surface area contributed by atoms with Crippen LogP contribution in [0.2, 0.25) is 0 Å². The molecular formula is C45H76O46P2. The Morgan fingerprint density at radius 1 is 0.419 bits per heavy atom. The lowest BCUT2D eigenvalue weighted by atomic mass is 9.88. The highest BCUT2D eigenvalue weighted by Crippen LogP contribution is 2.48. The highest BCUT2D eigenvalue weighted by Gasteiger charge is 2.66. The summed E-state index contributed by atoms with van der Waals surface area (Å²) in [7, 11) is -12.0. The van der Waals surface area contributed by atoms with Crippen LogP contribution < -0.4 is 0 Å². The molecule has 0 unspecified atom stereocenters. The topological polar surface area (TPSA) is 772 Å². The van der Waals surface area contributed by atoms with E-state index in [0.29, 0.717) is 0 Å². The average molecular weight is 1420 g/mol. The van der Waals surface area contributed by atoms with Crippen LogP contribution in [0.25, 0.3) is 0 Å². The lowest BCUT2D eigenvalue weighted by Crippen LogP contribution is -2.71. The van der Waals surface area contributed by atoms with Crippen molar-refractivity contribution in [1.82, 2.24) is 0 Å². The molecule has 6 aliphatic heterocycles. The fourth-order valence-electron chi connectivity index (χ4n) is 11.0. The Balaban J connectivity index is 1.44. The number of rotatable bonds is 29. The van der Waals surface area contributed by atoms with Gasteiger partial charge in [0.15, 0.2) is 18.9 Å². The van der Waals surface area contributed by atoms with Crippen LogP contribution in [0.1, 0.15) is 19.3 Å². The van der Waals surface area contributed by atoms with E-state index in [0.717, 1.165) is 0 Å². The molecule has 542 valence electrons. The van der Waals surface area contributed by atoms with Gasteiger partial charge >= 0.3 is 33.6 Å². The van der Waals surface area contributed by atoms with Gasteiger partial charge in [-0.1, -0.05) is 0 Å². The summed E-state index contributed by atoms with van der Waals surface area (Å²) in [6.07, 6.45) is -80.8. The molecule has 48 heteroatoms. The van der Waals surface area contributed by atoms with E-state index in [1.807, 2.05) is 0 Å². The maximum atomic E-state index is 13.7. The fourth-order valence-corrected chi connectivity index (χ4v) is 12.1. The van der Waals surface area contributed by atoms with Crippen molar-refractivity contribution in [3.05, 3.63) is 0 Å². The second kappa shape index (κ2) is 31.7. The summed E-state index contributed by atoms with van der Waals surface area (Å²) in [6, 6.07) is 0. The number of aliphatic hydroxyl groups is 21. The molecule has 6 rings (SSSR count). The number of phosphoric ester groups is 2. The van der Waals surface area contributed by atoms with Crippen molar-refractivity contribution in [3.8, 4) is 0 Å². The molecule has 6 heterocycles. The summed E-state index contributed by atoms with van der Waals surface area (Å²) in [5.74, 6) is -18.2. The molecule has 0 saturated carbocycles. The van der Waals surface area contributed by atoms with Gasteiger partial charge in [-0.25, -0.2) is 23.5 Å². The number of aliphatic carboxylic acids is 3. The highest BCUT2D eigenvalue weighted by atomic mass is 31.2. The van der Waals surface area contributed by atoms with E-state index in [2.05, 4.69) is 4.52 Å². The van der Waals surface area contributed by atoms with Crippen molar-refractivity contribution in [2.24, 2.45) is 0 Å². The summed E-state index contributed by atoms with van der Waals surface area (Å²) in [5, 5.41) is 257. The minimum absolute atomic E-state index is 1.12.